The predicted molar refractivity (Wildman–Crippen MR) is 82.4 cm³/mol. The topological polar surface area (TPSA) is 54.4 Å². The normalized spacial score (nSPS) is 10.7. The van der Waals surface area contributed by atoms with E-state index in [0.717, 1.165) is 35.0 Å². The van der Waals surface area contributed by atoms with E-state index in [2.05, 4.69) is 15.7 Å². The van der Waals surface area contributed by atoms with Gasteiger partial charge < -0.3 is 15.2 Å². The maximum absolute atomic E-state index is 8.71. The number of ether oxygens (including phenoxy) is 1. The standard InChI is InChI=1S/C15H20N2O2S/c1-2-19-14-6-4-3-5-12(14)13-11-20-15(17-13)7-8-16-9-10-18/h3-6,11,16,18H,2,7-10H2,1H3. The summed E-state index contributed by atoms with van der Waals surface area (Å²) in [6.07, 6.45) is 0.876. The van der Waals surface area contributed by atoms with Gasteiger partial charge in [0.1, 0.15) is 5.75 Å². The van der Waals surface area contributed by atoms with Gasteiger partial charge in [-0.3, -0.25) is 0 Å². The van der Waals surface area contributed by atoms with Crippen LogP contribution >= 0.6 is 11.3 Å². The van der Waals surface area contributed by atoms with Crippen molar-refractivity contribution in [2.45, 2.75) is 13.3 Å². The van der Waals surface area contributed by atoms with Gasteiger partial charge in [0.05, 0.1) is 23.9 Å². The Kier molecular flexibility index (Phi) is 5.98. The number of aliphatic hydroxyl groups is 1. The Morgan fingerprint density at radius 2 is 2.15 bits per heavy atom. The largest absolute Gasteiger partial charge is 0.493 e. The van der Waals surface area contributed by atoms with Gasteiger partial charge >= 0.3 is 0 Å². The highest BCUT2D eigenvalue weighted by atomic mass is 32.1. The highest BCUT2D eigenvalue weighted by molar-refractivity contribution is 7.09. The number of rotatable bonds is 8. The summed E-state index contributed by atoms with van der Waals surface area (Å²) in [4.78, 5) is 4.66. The van der Waals surface area contributed by atoms with Crippen molar-refractivity contribution >= 4 is 11.3 Å². The molecule has 1 heterocycles. The summed E-state index contributed by atoms with van der Waals surface area (Å²) in [5.41, 5.74) is 2.01. The number of nitrogens with one attached hydrogen (secondary N) is 1. The molecule has 20 heavy (non-hydrogen) atoms. The van der Waals surface area contributed by atoms with Crippen LogP contribution in [0.2, 0.25) is 0 Å². The molecule has 0 aliphatic heterocycles. The van der Waals surface area contributed by atoms with E-state index in [1.165, 1.54) is 0 Å². The van der Waals surface area contributed by atoms with Crippen molar-refractivity contribution in [2.75, 3.05) is 26.3 Å². The van der Waals surface area contributed by atoms with Gasteiger partial charge in [-0.2, -0.15) is 0 Å². The summed E-state index contributed by atoms with van der Waals surface area (Å²) in [5, 5.41) is 15.0. The van der Waals surface area contributed by atoms with Crippen LogP contribution in [0.1, 0.15) is 11.9 Å². The van der Waals surface area contributed by atoms with Crippen LogP contribution < -0.4 is 10.1 Å². The average Bonchev–Trinajstić information content (AvgIpc) is 2.93. The average molecular weight is 292 g/mol. The lowest BCUT2D eigenvalue weighted by molar-refractivity contribution is 0.293. The van der Waals surface area contributed by atoms with Crippen LogP contribution in [0.25, 0.3) is 11.3 Å². The first kappa shape index (κ1) is 15.0. The molecule has 2 aromatic rings. The first-order valence-corrected chi connectivity index (χ1v) is 7.71. The van der Waals surface area contributed by atoms with Crippen LogP contribution in [0.4, 0.5) is 0 Å². The maximum Gasteiger partial charge on any atom is 0.128 e. The Labute approximate surface area is 123 Å². The molecule has 0 unspecified atom stereocenters. The van der Waals surface area contributed by atoms with Crippen molar-refractivity contribution in [3.05, 3.63) is 34.7 Å². The molecule has 0 aliphatic carbocycles. The van der Waals surface area contributed by atoms with Crippen molar-refractivity contribution in [1.82, 2.24) is 10.3 Å². The van der Waals surface area contributed by atoms with Crippen molar-refractivity contribution in [2.24, 2.45) is 0 Å². The minimum atomic E-state index is 0.171. The van der Waals surface area contributed by atoms with Crippen LogP contribution in [0.3, 0.4) is 0 Å². The third-order valence-electron chi connectivity index (χ3n) is 2.82. The van der Waals surface area contributed by atoms with Gasteiger partial charge in [0.25, 0.3) is 0 Å². The molecule has 0 aliphatic rings. The van der Waals surface area contributed by atoms with Crippen LogP contribution in [0.15, 0.2) is 29.6 Å². The summed E-state index contributed by atoms with van der Waals surface area (Å²) in [7, 11) is 0. The molecule has 0 spiro atoms. The quantitative estimate of drug-likeness (QED) is 0.733. The highest BCUT2D eigenvalue weighted by Crippen LogP contribution is 2.30. The number of benzene rings is 1. The number of hydrogen-bond acceptors (Lipinski definition) is 5. The number of nitrogens with zero attached hydrogens (tertiary/aromatic N) is 1. The van der Waals surface area contributed by atoms with E-state index in [-0.39, 0.29) is 6.61 Å². The number of hydrogen-bond donors (Lipinski definition) is 2. The van der Waals surface area contributed by atoms with Crippen LogP contribution in [0, 0.1) is 0 Å². The summed E-state index contributed by atoms with van der Waals surface area (Å²) in [6, 6.07) is 7.98. The third kappa shape index (κ3) is 4.03. The van der Waals surface area contributed by atoms with E-state index in [1.807, 2.05) is 31.2 Å². The lowest BCUT2D eigenvalue weighted by Crippen LogP contribution is -2.20. The maximum atomic E-state index is 8.71. The molecule has 0 radical (unpaired) electrons. The molecule has 0 saturated heterocycles. The molecule has 0 atom stereocenters. The van der Waals surface area contributed by atoms with Crippen molar-refractivity contribution in [3.8, 4) is 17.0 Å². The molecule has 0 saturated carbocycles. The van der Waals surface area contributed by atoms with Crippen molar-refractivity contribution < 1.29 is 9.84 Å². The second kappa shape index (κ2) is 7.99. The van der Waals surface area contributed by atoms with Crippen molar-refractivity contribution in [3.63, 3.8) is 0 Å². The third-order valence-corrected chi connectivity index (χ3v) is 3.73. The van der Waals surface area contributed by atoms with E-state index >= 15 is 0 Å². The zero-order valence-corrected chi connectivity index (χ0v) is 12.4. The molecule has 108 valence electrons. The van der Waals surface area contributed by atoms with Gasteiger partial charge in [-0.25, -0.2) is 4.98 Å². The summed E-state index contributed by atoms with van der Waals surface area (Å²) < 4.78 is 5.64. The van der Waals surface area contributed by atoms with Crippen LogP contribution in [0.5, 0.6) is 5.75 Å². The lowest BCUT2D eigenvalue weighted by Gasteiger charge is -2.07. The number of aromatic nitrogens is 1. The minimum absolute atomic E-state index is 0.171. The number of aliphatic hydroxyl groups excluding tert-OH is 1. The van der Waals surface area contributed by atoms with Crippen LogP contribution in [-0.4, -0.2) is 36.4 Å². The monoisotopic (exact) mass is 292 g/mol. The van der Waals surface area contributed by atoms with Gasteiger partial charge in [-0.15, -0.1) is 11.3 Å². The zero-order valence-electron chi connectivity index (χ0n) is 11.6. The molecule has 2 rings (SSSR count). The zero-order chi connectivity index (χ0) is 14.2. The van der Waals surface area contributed by atoms with Gasteiger partial charge in [-0.1, -0.05) is 12.1 Å². The van der Waals surface area contributed by atoms with Gasteiger partial charge in [0.2, 0.25) is 0 Å². The second-order valence-electron chi connectivity index (χ2n) is 4.28. The highest BCUT2D eigenvalue weighted by Gasteiger charge is 2.09. The van der Waals surface area contributed by atoms with E-state index in [9.17, 15) is 0 Å². The molecule has 0 amide bonds. The van der Waals surface area contributed by atoms with Crippen LogP contribution in [-0.2, 0) is 6.42 Å². The molecule has 1 aromatic heterocycles. The number of para-hydroxylation sites is 1. The fourth-order valence-electron chi connectivity index (χ4n) is 1.91. The van der Waals surface area contributed by atoms with Gasteiger partial charge in [-0.05, 0) is 19.1 Å². The SMILES string of the molecule is CCOc1ccccc1-c1csc(CCNCCO)n1. The molecular weight excluding hydrogens is 272 g/mol. The minimum Gasteiger partial charge on any atom is -0.493 e. The lowest BCUT2D eigenvalue weighted by atomic mass is 10.1. The molecule has 0 fully saturated rings. The van der Waals surface area contributed by atoms with Crippen molar-refractivity contribution in [1.29, 1.82) is 0 Å². The molecule has 4 nitrogen and oxygen atoms in total. The smallest absolute Gasteiger partial charge is 0.128 e. The van der Waals surface area contributed by atoms with Gasteiger partial charge in [0, 0.05) is 30.5 Å². The first-order valence-electron chi connectivity index (χ1n) is 6.83. The van der Waals surface area contributed by atoms with E-state index in [4.69, 9.17) is 9.84 Å². The Bertz CT molecular complexity index is 528. The summed E-state index contributed by atoms with van der Waals surface area (Å²) in [5.74, 6) is 0.880. The van der Waals surface area contributed by atoms with E-state index < -0.39 is 0 Å². The Morgan fingerprint density at radius 1 is 1.30 bits per heavy atom. The summed E-state index contributed by atoms with van der Waals surface area (Å²) in [6.45, 7) is 4.27. The van der Waals surface area contributed by atoms with E-state index in [0.29, 0.717) is 13.2 Å². The predicted octanol–water partition coefficient (Wildman–Crippen LogP) is 2.33. The molecule has 2 N–H and O–H groups in total. The molecular formula is C15H20N2O2S. The number of thiazole rings is 1. The first-order chi connectivity index (χ1) is 9.85. The molecule has 1 aromatic carbocycles. The van der Waals surface area contributed by atoms with E-state index in [1.54, 1.807) is 11.3 Å². The fraction of sp³-hybridized carbons (Fsp3) is 0.400. The summed E-state index contributed by atoms with van der Waals surface area (Å²) >= 11 is 1.66. The fourth-order valence-corrected chi connectivity index (χ4v) is 2.71. The van der Waals surface area contributed by atoms with Gasteiger partial charge in [0.15, 0.2) is 0 Å². The molecule has 0 bridgehead atoms. The molecule has 5 heteroatoms. The Balaban J connectivity index is 2.04. The Morgan fingerprint density at radius 3 is 2.95 bits per heavy atom. The second-order valence-corrected chi connectivity index (χ2v) is 5.22. The Hall–Kier alpha value is -1.43.